The number of rotatable bonds is 38. The van der Waals surface area contributed by atoms with Crippen molar-refractivity contribution in [3.63, 3.8) is 0 Å². The minimum Gasteiger partial charge on any atom is -0.480 e. The topological polar surface area (TPSA) is 513 Å². The van der Waals surface area contributed by atoms with E-state index in [-0.39, 0.29) is 37.2 Å². The molecule has 11 amide bonds. The van der Waals surface area contributed by atoms with E-state index >= 15 is 0 Å². The van der Waals surface area contributed by atoms with Crippen LogP contribution in [0.2, 0.25) is 0 Å². The molecule has 516 valence electrons. The summed E-state index contributed by atoms with van der Waals surface area (Å²) in [6.07, 6.45) is -6.82. The van der Waals surface area contributed by atoms with Crippen LogP contribution in [-0.2, 0) is 82.5 Å². The van der Waals surface area contributed by atoms with E-state index in [9.17, 15) is 91.1 Å². The quantitative estimate of drug-likeness (QED) is 0.0218. The molecule has 0 aliphatic carbocycles. The highest BCUT2D eigenvalue weighted by Gasteiger charge is 2.65. The van der Waals surface area contributed by atoms with Gasteiger partial charge in [-0.15, -0.1) is 10.2 Å². The number of nitrogens with one attached hydrogen (secondary N) is 10. The fraction of sp³-hybridized carbons (Fsp3) is 0.475. The summed E-state index contributed by atoms with van der Waals surface area (Å²) in [6, 6.07) is 2.30. The lowest BCUT2D eigenvalue weighted by Gasteiger charge is -2.28. The average molecular weight is 1340 g/mol. The third kappa shape index (κ3) is 22.4. The second-order valence-corrected chi connectivity index (χ2v) is 23.5. The van der Waals surface area contributed by atoms with Crippen molar-refractivity contribution < 1.29 is 91.1 Å². The number of hydrogen-bond acceptors (Lipinski definition) is 18. The minimum absolute atomic E-state index is 0.0156. The van der Waals surface area contributed by atoms with E-state index in [2.05, 4.69) is 63.1 Å². The van der Waals surface area contributed by atoms with Crippen LogP contribution in [0.1, 0.15) is 82.1 Å². The molecule has 1 aliphatic rings. The van der Waals surface area contributed by atoms with Crippen LogP contribution in [0.3, 0.4) is 0 Å². The number of fused-ring (bicyclic) bond motifs is 1. The van der Waals surface area contributed by atoms with Gasteiger partial charge in [0.15, 0.2) is 0 Å². The number of aliphatic carboxylic acids is 1. The van der Waals surface area contributed by atoms with Crippen molar-refractivity contribution in [1.29, 1.82) is 0 Å². The van der Waals surface area contributed by atoms with Gasteiger partial charge in [-0.2, -0.15) is 13.2 Å². The van der Waals surface area contributed by atoms with Crippen LogP contribution in [0.4, 0.5) is 13.2 Å². The Balaban J connectivity index is 1.45. The third-order valence-electron chi connectivity index (χ3n) is 14.9. The fourth-order valence-electron chi connectivity index (χ4n) is 9.84. The van der Waals surface area contributed by atoms with Crippen molar-refractivity contribution in [2.45, 2.75) is 151 Å². The van der Waals surface area contributed by atoms with Gasteiger partial charge in [0, 0.05) is 48.3 Å². The second kappa shape index (κ2) is 34.8. The van der Waals surface area contributed by atoms with Gasteiger partial charge < -0.3 is 90.5 Å². The molecule has 20 N–H and O–H groups in total. The summed E-state index contributed by atoms with van der Waals surface area (Å²) in [7, 11) is 0. The first-order valence-corrected chi connectivity index (χ1v) is 30.1. The largest absolute Gasteiger partial charge is 0.480 e. The SMILES string of the molecule is CC(C)C[C@H](NC(=O)[C@H](Cc1ccc(C2(C(F)(F)F)N=N2)cc1)NC(=O)[C@H](CCC(N)=O)NC(=O)[C@H](CO)NC(=O)[C@H](Cc1ccccc1)NC(=O)[C@H](CC(N)=O)NC(=O)[C@H](CC(C)C)NC(=O)[C@@H](N)CO)C(=O)N[C@@H](Cc1c[nH]c2ccccc12)C(=O)NC(CO)C(=O)O. The van der Waals surface area contributed by atoms with E-state index in [1.54, 1.807) is 88.5 Å². The zero-order valence-corrected chi connectivity index (χ0v) is 52.2. The van der Waals surface area contributed by atoms with Gasteiger partial charge in [0.05, 0.1) is 26.2 Å². The number of carbonyl (C=O) groups excluding carboxylic acids is 11. The molecule has 0 bridgehead atoms. The van der Waals surface area contributed by atoms with Gasteiger partial charge in [0.2, 0.25) is 65.0 Å². The molecule has 34 heteroatoms. The van der Waals surface area contributed by atoms with Crippen LogP contribution in [-0.4, -0.2) is 183 Å². The number of nitrogens with zero attached hydrogens (tertiary/aromatic N) is 2. The minimum atomic E-state index is -4.93. The number of primary amides is 2. The third-order valence-corrected chi connectivity index (χ3v) is 14.9. The van der Waals surface area contributed by atoms with E-state index in [0.29, 0.717) is 22.0 Å². The Morgan fingerprint density at radius 1 is 0.495 bits per heavy atom. The fourth-order valence-corrected chi connectivity index (χ4v) is 9.84. The molecule has 2 heterocycles. The number of aliphatic hydroxyl groups excluding tert-OH is 3. The van der Waals surface area contributed by atoms with Gasteiger partial charge in [-0.3, -0.25) is 52.7 Å². The van der Waals surface area contributed by atoms with Gasteiger partial charge >= 0.3 is 17.8 Å². The highest BCUT2D eigenvalue weighted by Crippen LogP contribution is 2.52. The summed E-state index contributed by atoms with van der Waals surface area (Å²) in [5, 5.41) is 67.9. The average Bonchev–Trinajstić information content (AvgIpc) is 1.58. The Labute approximate surface area is 541 Å². The first-order chi connectivity index (χ1) is 44.8. The van der Waals surface area contributed by atoms with Crippen LogP contribution >= 0.6 is 0 Å². The predicted octanol–water partition coefficient (Wildman–Crippen LogP) is -2.64. The molecule has 0 saturated heterocycles. The molecule has 31 nitrogen and oxygen atoms in total. The maximum Gasteiger partial charge on any atom is 0.442 e. The number of aliphatic hydroxyl groups is 3. The number of aromatic amines is 1. The van der Waals surface area contributed by atoms with Crippen molar-refractivity contribution in [3.8, 4) is 0 Å². The summed E-state index contributed by atoms with van der Waals surface area (Å²) in [5.41, 5.74) is 14.9. The van der Waals surface area contributed by atoms with Crippen LogP contribution in [0.5, 0.6) is 0 Å². The predicted molar refractivity (Wildman–Crippen MR) is 330 cm³/mol. The van der Waals surface area contributed by atoms with E-state index in [0.717, 1.165) is 12.1 Å². The number of amides is 11. The number of carboxylic acid groups (broad SMARTS) is 1. The van der Waals surface area contributed by atoms with Crippen LogP contribution in [0, 0.1) is 11.8 Å². The highest BCUT2D eigenvalue weighted by molar-refractivity contribution is 6.00. The summed E-state index contributed by atoms with van der Waals surface area (Å²) in [5.74, 6) is -14.3. The number of carbonyl (C=O) groups is 12. The van der Waals surface area contributed by atoms with Gasteiger partial charge in [-0.05, 0) is 53.9 Å². The number of hydrogen-bond donors (Lipinski definition) is 17. The summed E-state index contributed by atoms with van der Waals surface area (Å²) < 4.78 is 42.1. The molecule has 10 atom stereocenters. The number of alkyl halides is 3. The van der Waals surface area contributed by atoms with Crippen LogP contribution in [0.15, 0.2) is 95.3 Å². The summed E-state index contributed by atoms with van der Waals surface area (Å²) in [4.78, 5) is 166. The Kier molecular flexibility index (Phi) is 27.8. The van der Waals surface area contributed by atoms with Crippen LogP contribution in [0.25, 0.3) is 10.9 Å². The maximum absolute atomic E-state index is 14.8. The molecule has 0 spiro atoms. The monoisotopic (exact) mass is 1340 g/mol. The van der Waals surface area contributed by atoms with Crippen molar-refractivity contribution in [2.24, 2.45) is 39.3 Å². The summed E-state index contributed by atoms with van der Waals surface area (Å²) in [6.45, 7) is 3.73. The Morgan fingerprint density at radius 2 is 0.905 bits per heavy atom. The number of para-hydroxylation sites is 1. The molecular weight excluding hydrogens is 1260 g/mol. The van der Waals surface area contributed by atoms with E-state index in [1.165, 1.54) is 12.1 Å². The highest BCUT2D eigenvalue weighted by atomic mass is 19.4. The number of benzene rings is 3. The first kappa shape index (κ1) is 75.8. The van der Waals surface area contributed by atoms with Crippen molar-refractivity contribution in [3.05, 3.63) is 107 Å². The van der Waals surface area contributed by atoms with Crippen molar-refractivity contribution >= 4 is 81.9 Å². The number of aromatic nitrogens is 1. The Hall–Kier alpha value is -9.93. The molecule has 0 radical (unpaired) electrons. The molecule has 3 aromatic carbocycles. The second-order valence-electron chi connectivity index (χ2n) is 23.5. The summed E-state index contributed by atoms with van der Waals surface area (Å²) >= 11 is 0. The van der Waals surface area contributed by atoms with E-state index in [4.69, 9.17) is 17.2 Å². The van der Waals surface area contributed by atoms with Gasteiger partial charge in [0.1, 0.15) is 60.4 Å². The zero-order valence-electron chi connectivity index (χ0n) is 52.2. The standard InChI is InChI=1S/C61H80F3N15O16/c1-30(2)20-40(70-50(85)37(65)27-80)52(87)75-45(25-49(67)84)57(92)73-42(22-32-10-6-5-7-11-32)55(90)76-46(28-81)58(93)69-39(18-19-48(66)83)51(86)72-43(23-33-14-16-35(17-15-33)60(78-79-60)61(62,63)64)54(89)71-41(21-31(3)4)53(88)74-44(56(91)77-47(29-82)59(94)95)24-34-26-68-38-13-9-8-12-36(34)38/h5-17,26,30-31,37,39-47,68,80-82H,18-25,27-29,65H2,1-4H3,(H2,66,83)(H2,67,84)(H,69,93)(H,70,85)(H,71,89)(H,72,86)(H,73,92)(H,74,88)(H,75,87)(H,76,90)(H,77,91)(H,94,95)/t37-,39-,40-,41-,42-,43-,44-,45-,46-,47?/m0/s1. The lowest BCUT2D eigenvalue weighted by Crippen LogP contribution is -2.61. The van der Waals surface area contributed by atoms with Crippen molar-refractivity contribution in [1.82, 2.24) is 52.8 Å². The van der Waals surface area contributed by atoms with E-state index < -0.39 is 200 Å². The molecule has 1 unspecified atom stereocenters. The van der Waals surface area contributed by atoms with Gasteiger partial charge in [-0.25, -0.2) is 4.79 Å². The molecule has 1 aromatic heterocycles. The first-order valence-electron chi connectivity index (χ1n) is 30.1. The number of nitrogens with two attached hydrogens (primary N) is 3. The zero-order chi connectivity index (χ0) is 70.5. The van der Waals surface area contributed by atoms with Gasteiger partial charge in [0.25, 0.3) is 0 Å². The lowest BCUT2D eigenvalue weighted by atomic mass is 9.97. The smallest absolute Gasteiger partial charge is 0.442 e. The molecule has 4 aromatic rings. The van der Waals surface area contributed by atoms with E-state index in [1.807, 2.05) is 0 Å². The van der Waals surface area contributed by atoms with Crippen LogP contribution < -0.4 is 65.1 Å². The molecule has 0 saturated carbocycles. The Bertz CT molecular complexity index is 3420. The normalized spacial score (nSPS) is 15.6. The number of halogens is 3. The number of H-pyrrole nitrogens is 1. The number of carboxylic acids is 1. The lowest BCUT2D eigenvalue weighted by molar-refractivity contribution is -0.166. The van der Waals surface area contributed by atoms with Gasteiger partial charge in [-0.1, -0.05) is 100 Å². The molecule has 0 fully saturated rings. The molecule has 5 rings (SSSR count). The van der Waals surface area contributed by atoms with Crippen molar-refractivity contribution in [2.75, 3.05) is 19.8 Å². The Morgan fingerprint density at radius 3 is 1.38 bits per heavy atom. The molecular formula is C61H80F3N15O16. The maximum atomic E-state index is 14.8. The molecule has 1 aliphatic heterocycles. The molecule has 95 heavy (non-hydrogen) atoms.